The summed E-state index contributed by atoms with van der Waals surface area (Å²) in [6, 6.07) is 4.30. The Morgan fingerprint density at radius 3 is 2.33 bits per heavy atom. The lowest BCUT2D eigenvalue weighted by Gasteiger charge is -2.22. The predicted octanol–water partition coefficient (Wildman–Crippen LogP) is 2.21. The lowest BCUT2D eigenvalue weighted by atomic mass is 9.99. The molecule has 0 aliphatic heterocycles. The van der Waals surface area contributed by atoms with Gasteiger partial charge in [-0.05, 0) is 37.1 Å². The maximum Gasteiger partial charge on any atom is 0.326 e. The van der Waals surface area contributed by atoms with Crippen molar-refractivity contribution >= 4 is 11.9 Å². The molecule has 116 valence electrons. The fraction of sp³-hybridized carbons (Fsp3) is 0.467. The van der Waals surface area contributed by atoms with Gasteiger partial charge in [0.1, 0.15) is 17.6 Å². The largest absolute Gasteiger partial charge is 0.481 e. The van der Waals surface area contributed by atoms with Crippen LogP contribution >= 0.6 is 0 Å². The maximum absolute atomic E-state index is 12.8. The van der Waals surface area contributed by atoms with Gasteiger partial charge in [0.05, 0.1) is 0 Å². The van der Waals surface area contributed by atoms with Gasteiger partial charge in [-0.1, -0.05) is 20.3 Å². The molecule has 6 heteroatoms. The molecule has 0 saturated carbocycles. The van der Waals surface area contributed by atoms with Gasteiger partial charge in [0.2, 0.25) is 0 Å². The van der Waals surface area contributed by atoms with E-state index in [1.54, 1.807) is 6.92 Å². The first-order valence-corrected chi connectivity index (χ1v) is 6.80. The number of hydrogen-bond donors (Lipinski definition) is 2. The Labute approximate surface area is 123 Å². The number of carboxylic acid groups (broad SMARTS) is 1. The van der Waals surface area contributed by atoms with Crippen LogP contribution in [-0.4, -0.2) is 29.1 Å². The average Bonchev–Trinajstić information content (AvgIpc) is 2.45. The minimum Gasteiger partial charge on any atom is -0.481 e. The summed E-state index contributed by atoms with van der Waals surface area (Å²) in [5.74, 6) is -1.85. The van der Waals surface area contributed by atoms with E-state index in [0.29, 0.717) is 12.2 Å². The van der Waals surface area contributed by atoms with Crippen LogP contribution < -0.4 is 10.1 Å². The Morgan fingerprint density at radius 1 is 1.29 bits per heavy atom. The van der Waals surface area contributed by atoms with E-state index < -0.39 is 29.8 Å². The number of carbonyl (C=O) groups excluding carboxylic acids is 1. The quantitative estimate of drug-likeness (QED) is 0.809. The van der Waals surface area contributed by atoms with Crippen LogP contribution in [0.3, 0.4) is 0 Å². The molecular weight excluding hydrogens is 277 g/mol. The standard InChI is InChI=1S/C15H20FNO4/c1-4-9(2)13(15(19)20)17-14(18)10(3)21-12-7-5-11(16)6-8-12/h5-10,13H,4H2,1-3H3,(H,17,18)(H,19,20). The number of nitrogens with one attached hydrogen (secondary N) is 1. The third-order valence-electron chi connectivity index (χ3n) is 3.27. The normalized spacial score (nSPS) is 14.9. The highest BCUT2D eigenvalue weighted by molar-refractivity contribution is 5.86. The summed E-state index contributed by atoms with van der Waals surface area (Å²) in [4.78, 5) is 23.1. The third kappa shape index (κ3) is 5.06. The number of benzene rings is 1. The van der Waals surface area contributed by atoms with E-state index in [4.69, 9.17) is 9.84 Å². The molecule has 0 aliphatic rings. The Balaban J connectivity index is 2.64. The summed E-state index contributed by atoms with van der Waals surface area (Å²) in [5, 5.41) is 11.6. The van der Waals surface area contributed by atoms with Crippen molar-refractivity contribution in [2.24, 2.45) is 5.92 Å². The van der Waals surface area contributed by atoms with Crippen LogP contribution in [0.4, 0.5) is 4.39 Å². The molecule has 0 heterocycles. The molecular formula is C15H20FNO4. The molecule has 0 saturated heterocycles. The van der Waals surface area contributed by atoms with E-state index in [9.17, 15) is 14.0 Å². The van der Waals surface area contributed by atoms with Gasteiger partial charge in [-0.15, -0.1) is 0 Å². The molecule has 0 fully saturated rings. The fourth-order valence-electron chi connectivity index (χ4n) is 1.72. The van der Waals surface area contributed by atoms with Gasteiger partial charge in [-0.25, -0.2) is 9.18 Å². The number of carboxylic acids is 1. The summed E-state index contributed by atoms with van der Waals surface area (Å²) in [5.41, 5.74) is 0. The Kier molecular flexibility index (Phi) is 6.14. The highest BCUT2D eigenvalue weighted by atomic mass is 19.1. The lowest BCUT2D eigenvalue weighted by molar-refractivity contribution is -0.144. The van der Waals surface area contributed by atoms with Crippen molar-refractivity contribution < 1.29 is 23.8 Å². The minimum absolute atomic E-state index is 0.190. The summed E-state index contributed by atoms with van der Waals surface area (Å²) in [7, 11) is 0. The Hall–Kier alpha value is -2.11. The molecule has 3 atom stereocenters. The van der Waals surface area contributed by atoms with Crippen LogP contribution in [0.25, 0.3) is 0 Å². The van der Waals surface area contributed by atoms with E-state index in [0.717, 1.165) is 0 Å². The number of carbonyl (C=O) groups is 2. The molecule has 0 aromatic heterocycles. The van der Waals surface area contributed by atoms with Gasteiger partial charge < -0.3 is 15.2 Å². The number of hydrogen-bond acceptors (Lipinski definition) is 3. The second kappa shape index (κ2) is 7.61. The molecule has 0 aliphatic carbocycles. The van der Waals surface area contributed by atoms with Gasteiger partial charge in [0.15, 0.2) is 6.10 Å². The molecule has 0 bridgehead atoms. The van der Waals surface area contributed by atoms with Crippen LogP contribution in [-0.2, 0) is 9.59 Å². The number of aliphatic carboxylic acids is 1. The van der Waals surface area contributed by atoms with Crippen molar-refractivity contribution in [3.63, 3.8) is 0 Å². The van der Waals surface area contributed by atoms with Crippen molar-refractivity contribution in [1.82, 2.24) is 5.32 Å². The topological polar surface area (TPSA) is 75.6 Å². The van der Waals surface area contributed by atoms with Crippen LogP contribution in [0.15, 0.2) is 24.3 Å². The van der Waals surface area contributed by atoms with Crippen molar-refractivity contribution in [3.05, 3.63) is 30.1 Å². The molecule has 0 spiro atoms. The first-order chi connectivity index (χ1) is 9.85. The second-order valence-corrected chi connectivity index (χ2v) is 4.92. The number of ether oxygens (including phenoxy) is 1. The van der Waals surface area contributed by atoms with E-state index in [2.05, 4.69) is 5.32 Å². The van der Waals surface area contributed by atoms with E-state index in [1.165, 1.54) is 31.2 Å². The fourth-order valence-corrected chi connectivity index (χ4v) is 1.72. The summed E-state index contributed by atoms with van der Waals surface area (Å²) >= 11 is 0. The van der Waals surface area contributed by atoms with Crippen molar-refractivity contribution in [3.8, 4) is 5.75 Å². The maximum atomic E-state index is 12.8. The SMILES string of the molecule is CCC(C)C(NC(=O)C(C)Oc1ccc(F)cc1)C(=O)O. The Bertz CT molecular complexity index is 489. The van der Waals surface area contributed by atoms with Gasteiger partial charge in [-0.3, -0.25) is 4.79 Å². The predicted molar refractivity (Wildman–Crippen MR) is 75.5 cm³/mol. The summed E-state index contributed by atoms with van der Waals surface area (Å²) < 4.78 is 18.1. The number of rotatable bonds is 7. The molecule has 1 amide bonds. The van der Waals surface area contributed by atoms with Crippen molar-refractivity contribution in [1.29, 1.82) is 0 Å². The van der Waals surface area contributed by atoms with Crippen LogP contribution in [0.2, 0.25) is 0 Å². The van der Waals surface area contributed by atoms with Crippen LogP contribution in [0, 0.1) is 11.7 Å². The van der Waals surface area contributed by atoms with Gasteiger partial charge in [0, 0.05) is 0 Å². The number of amides is 1. The van der Waals surface area contributed by atoms with Crippen LogP contribution in [0.1, 0.15) is 27.2 Å². The zero-order chi connectivity index (χ0) is 16.0. The smallest absolute Gasteiger partial charge is 0.326 e. The first kappa shape index (κ1) is 16.9. The second-order valence-electron chi connectivity index (χ2n) is 4.92. The molecule has 3 unspecified atom stereocenters. The number of halogens is 1. The summed E-state index contributed by atoms with van der Waals surface area (Å²) in [6.45, 7) is 5.12. The molecule has 5 nitrogen and oxygen atoms in total. The molecule has 2 N–H and O–H groups in total. The zero-order valence-electron chi connectivity index (χ0n) is 12.3. The monoisotopic (exact) mass is 297 g/mol. The van der Waals surface area contributed by atoms with Gasteiger partial charge >= 0.3 is 5.97 Å². The molecule has 1 aromatic carbocycles. The molecule has 1 aromatic rings. The van der Waals surface area contributed by atoms with E-state index in [1.807, 2.05) is 6.92 Å². The lowest BCUT2D eigenvalue weighted by Crippen LogP contribution is -2.49. The highest BCUT2D eigenvalue weighted by Gasteiger charge is 2.27. The summed E-state index contributed by atoms with van der Waals surface area (Å²) in [6.07, 6.45) is -0.244. The highest BCUT2D eigenvalue weighted by Crippen LogP contribution is 2.14. The third-order valence-corrected chi connectivity index (χ3v) is 3.27. The van der Waals surface area contributed by atoms with Gasteiger partial charge in [-0.2, -0.15) is 0 Å². The average molecular weight is 297 g/mol. The van der Waals surface area contributed by atoms with Crippen LogP contribution in [0.5, 0.6) is 5.75 Å². The van der Waals surface area contributed by atoms with Crippen molar-refractivity contribution in [2.45, 2.75) is 39.3 Å². The van der Waals surface area contributed by atoms with Crippen molar-refractivity contribution in [2.75, 3.05) is 0 Å². The molecule has 1 rings (SSSR count). The molecule has 0 radical (unpaired) electrons. The Morgan fingerprint density at radius 2 is 1.86 bits per heavy atom. The van der Waals surface area contributed by atoms with E-state index >= 15 is 0 Å². The first-order valence-electron chi connectivity index (χ1n) is 6.80. The van der Waals surface area contributed by atoms with E-state index in [-0.39, 0.29) is 5.92 Å². The van der Waals surface area contributed by atoms with Gasteiger partial charge in [0.25, 0.3) is 5.91 Å². The minimum atomic E-state index is -1.08. The molecule has 21 heavy (non-hydrogen) atoms. The zero-order valence-corrected chi connectivity index (χ0v) is 12.3.